The number of hydrogen-bond donors (Lipinski definition) is 2. The maximum Gasteiger partial charge on any atom is 0.313 e. The predicted molar refractivity (Wildman–Crippen MR) is 96.8 cm³/mol. The monoisotopic (exact) mass is 327 g/mol. The van der Waals surface area contributed by atoms with Crippen molar-refractivity contribution < 1.29 is 9.53 Å². The van der Waals surface area contributed by atoms with E-state index in [9.17, 15) is 4.79 Å². The van der Waals surface area contributed by atoms with Crippen molar-refractivity contribution in [2.45, 2.75) is 39.0 Å². The van der Waals surface area contributed by atoms with Crippen LogP contribution in [0.15, 0.2) is 30.5 Å². The number of carbonyl (C=O) groups excluding carboxylic acids is 1. The van der Waals surface area contributed by atoms with Crippen molar-refractivity contribution in [2.24, 2.45) is 5.41 Å². The van der Waals surface area contributed by atoms with Crippen LogP contribution in [0, 0.1) is 5.41 Å². The third-order valence-electron chi connectivity index (χ3n) is 4.93. The van der Waals surface area contributed by atoms with Crippen LogP contribution < -0.4 is 11.1 Å². The molecule has 1 aromatic heterocycles. The van der Waals surface area contributed by atoms with Crippen molar-refractivity contribution in [2.75, 3.05) is 24.2 Å². The molecule has 0 spiro atoms. The molecule has 0 unspecified atom stereocenters. The second-order valence-corrected chi connectivity index (χ2v) is 6.52. The number of anilines is 2. The molecule has 0 bridgehead atoms. The first kappa shape index (κ1) is 16.6. The zero-order chi connectivity index (χ0) is 17.0. The topological polar surface area (TPSA) is 77.2 Å². The minimum absolute atomic E-state index is 0.0888. The Hall–Kier alpha value is -2.30. The summed E-state index contributed by atoms with van der Waals surface area (Å²) in [6.07, 6.45) is 6.70. The Labute approximate surface area is 142 Å². The van der Waals surface area contributed by atoms with Crippen LogP contribution in [0.2, 0.25) is 0 Å². The fraction of sp³-hybridized carbons (Fsp3) is 0.474. The number of pyridine rings is 1. The van der Waals surface area contributed by atoms with Crippen molar-refractivity contribution in [1.29, 1.82) is 0 Å². The van der Waals surface area contributed by atoms with Gasteiger partial charge in [-0.15, -0.1) is 0 Å². The molecule has 3 rings (SSSR count). The number of aromatic nitrogens is 1. The van der Waals surface area contributed by atoms with E-state index in [0.717, 1.165) is 42.3 Å². The number of nitrogens with one attached hydrogen (secondary N) is 1. The summed E-state index contributed by atoms with van der Waals surface area (Å²) >= 11 is 0. The van der Waals surface area contributed by atoms with Crippen molar-refractivity contribution in [1.82, 2.24) is 4.98 Å². The Bertz CT molecular complexity index is 724. The molecule has 1 aromatic carbocycles. The minimum Gasteiger partial charge on any atom is -0.466 e. The first-order chi connectivity index (χ1) is 11.7. The highest BCUT2D eigenvalue weighted by Gasteiger charge is 2.40. The van der Waals surface area contributed by atoms with Gasteiger partial charge in [-0.3, -0.25) is 9.78 Å². The first-order valence-corrected chi connectivity index (χ1v) is 8.70. The van der Waals surface area contributed by atoms with E-state index < -0.39 is 5.41 Å². The van der Waals surface area contributed by atoms with Crippen molar-refractivity contribution in [3.8, 4) is 0 Å². The number of para-hydroxylation sites is 1. The second kappa shape index (κ2) is 7.07. The summed E-state index contributed by atoms with van der Waals surface area (Å²) in [5, 5.41) is 4.42. The maximum absolute atomic E-state index is 12.6. The van der Waals surface area contributed by atoms with Gasteiger partial charge in [0.1, 0.15) is 0 Å². The normalized spacial score (nSPS) is 16.7. The van der Waals surface area contributed by atoms with E-state index in [1.807, 2.05) is 31.2 Å². The van der Waals surface area contributed by atoms with Gasteiger partial charge >= 0.3 is 5.97 Å². The molecule has 1 aliphatic rings. The third-order valence-corrected chi connectivity index (χ3v) is 4.93. The van der Waals surface area contributed by atoms with E-state index in [1.165, 1.54) is 6.42 Å². The summed E-state index contributed by atoms with van der Waals surface area (Å²) in [7, 11) is 0. The van der Waals surface area contributed by atoms with Crippen LogP contribution in [-0.2, 0) is 9.53 Å². The van der Waals surface area contributed by atoms with Crippen LogP contribution in [-0.4, -0.2) is 24.1 Å². The zero-order valence-electron chi connectivity index (χ0n) is 14.2. The molecule has 0 saturated heterocycles. The largest absolute Gasteiger partial charge is 0.466 e. The van der Waals surface area contributed by atoms with Crippen LogP contribution in [0.3, 0.4) is 0 Å². The molecule has 5 heteroatoms. The van der Waals surface area contributed by atoms with Gasteiger partial charge in [0.05, 0.1) is 35.1 Å². The minimum atomic E-state index is -0.453. The van der Waals surface area contributed by atoms with Gasteiger partial charge in [0.2, 0.25) is 0 Å². The highest BCUT2D eigenvalue weighted by molar-refractivity contribution is 5.97. The molecule has 24 heavy (non-hydrogen) atoms. The van der Waals surface area contributed by atoms with Gasteiger partial charge in [-0.1, -0.05) is 37.5 Å². The number of benzene rings is 1. The number of ether oxygens (including phenoxy) is 1. The molecule has 0 radical (unpaired) electrons. The van der Waals surface area contributed by atoms with E-state index >= 15 is 0 Å². The Kier molecular flexibility index (Phi) is 4.88. The van der Waals surface area contributed by atoms with Crippen LogP contribution in [0.25, 0.3) is 10.9 Å². The lowest BCUT2D eigenvalue weighted by Gasteiger charge is -2.35. The number of nitrogens with two attached hydrogens (primary N) is 1. The van der Waals surface area contributed by atoms with Gasteiger partial charge in [-0.25, -0.2) is 0 Å². The fourth-order valence-corrected chi connectivity index (χ4v) is 3.58. The Balaban J connectivity index is 1.87. The summed E-state index contributed by atoms with van der Waals surface area (Å²) in [6.45, 7) is 2.82. The number of hydrogen-bond acceptors (Lipinski definition) is 5. The molecule has 0 aliphatic heterocycles. The summed E-state index contributed by atoms with van der Waals surface area (Å²) in [5.74, 6) is -0.0888. The van der Waals surface area contributed by atoms with E-state index in [-0.39, 0.29) is 5.97 Å². The summed E-state index contributed by atoms with van der Waals surface area (Å²) in [4.78, 5) is 16.9. The van der Waals surface area contributed by atoms with Crippen molar-refractivity contribution in [3.05, 3.63) is 30.5 Å². The number of nitrogen functional groups attached to an aromatic ring is 1. The Morgan fingerprint density at radius 1 is 1.29 bits per heavy atom. The number of fused-ring (bicyclic) bond motifs is 1. The summed E-state index contributed by atoms with van der Waals surface area (Å²) in [5.41, 5.74) is 8.03. The van der Waals surface area contributed by atoms with E-state index in [4.69, 9.17) is 10.5 Å². The third kappa shape index (κ3) is 3.16. The quantitative estimate of drug-likeness (QED) is 0.818. The highest BCUT2D eigenvalue weighted by Crippen LogP contribution is 2.39. The fourth-order valence-electron chi connectivity index (χ4n) is 3.58. The lowest BCUT2D eigenvalue weighted by Crippen LogP contribution is -2.41. The van der Waals surface area contributed by atoms with Gasteiger partial charge in [0.15, 0.2) is 0 Å². The van der Waals surface area contributed by atoms with Gasteiger partial charge in [0, 0.05) is 11.9 Å². The van der Waals surface area contributed by atoms with E-state index in [1.54, 1.807) is 6.20 Å². The smallest absolute Gasteiger partial charge is 0.313 e. The molecule has 5 nitrogen and oxygen atoms in total. The molecule has 0 amide bonds. The lowest BCUT2D eigenvalue weighted by atomic mass is 9.74. The number of rotatable bonds is 5. The number of esters is 1. The predicted octanol–water partition coefficient (Wildman–Crippen LogP) is 3.74. The van der Waals surface area contributed by atoms with Crippen LogP contribution in [0.4, 0.5) is 11.4 Å². The van der Waals surface area contributed by atoms with Gasteiger partial charge in [-0.2, -0.15) is 0 Å². The molecule has 1 aliphatic carbocycles. The molecule has 1 fully saturated rings. The highest BCUT2D eigenvalue weighted by atomic mass is 16.5. The molecule has 1 saturated carbocycles. The molecule has 3 N–H and O–H groups in total. The molecule has 1 heterocycles. The van der Waals surface area contributed by atoms with Gasteiger partial charge < -0.3 is 15.8 Å². The summed E-state index contributed by atoms with van der Waals surface area (Å²) in [6, 6.07) is 7.88. The van der Waals surface area contributed by atoms with Crippen molar-refractivity contribution in [3.63, 3.8) is 0 Å². The Morgan fingerprint density at radius 2 is 2.04 bits per heavy atom. The molecular formula is C19H25N3O2. The van der Waals surface area contributed by atoms with Crippen LogP contribution in [0.1, 0.15) is 39.0 Å². The van der Waals surface area contributed by atoms with Crippen LogP contribution >= 0.6 is 0 Å². The molecule has 2 aromatic rings. The number of carbonyl (C=O) groups is 1. The standard InChI is InChI=1S/C19H25N3O2/c1-2-24-18(23)19(10-6-3-7-11-19)13-22-17-14-8-4-5-9-16(14)21-12-15(17)20/h4-5,8-9,12H,2-3,6-7,10-11,13,20H2,1H3,(H,21,22). The molecule has 0 atom stereocenters. The molecular weight excluding hydrogens is 302 g/mol. The summed E-state index contributed by atoms with van der Waals surface area (Å²) < 4.78 is 5.37. The van der Waals surface area contributed by atoms with Crippen molar-refractivity contribution >= 4 is 28.2 Å². The maximum atomic E-state index is 12.6. The van der Waals surface area contributed by atoms with E-state index in [0.29, 0.717) is 18.8 Å². The average Bonchev–Trinajstić information content (AvgIpc) is 2.62. The second-order valence-electron chi connectivity index (χ2n) is 6.52. The molecule has 128 valence electrons. The SMILES string of the molecule is CCOC(=O)C1(CNc2c(N)cnc3ccccc23)CCCCC1. The average molecular weight is 327 g/mol. The van der Waals surface area contributed by atoms with Gasteiger partial charge in [-0.05, 0) is 25.8 Å². The lowest BCUT2D eigenvalue weighted by molar-refractivity contribution is -0.156. The first-order valence-electron chi connectivity index (χ1n) is 8.70. The van der Waals surface area contributed by atoms with Gasteiger partial charge in [0.25, 0.3) is 0 Å². The number of nitrogens with zero attached hydrogens (tertiary/aromatic N) is 1. The Morgan fingerprint density at radius 3 is 2.79 bits per heavy atom. The van der Waals surface area contributed by atoms with Crippen LogP contribution in [0.5, 0.6) is 0 Å². The van der Waals surface area contributed by atoms with E-state index in [2.05, 4.69) is 10.3 Å². The zero-order valence-corrected chi connectivity index (χ0v) is 14.2.